The molecule has 1 saturated carbocycles. The Morgan fingerprint density at radius 3 is 2.74 bits per heavy atom. The third-order valence-corrected chi connectivity index (χ3v) is 4.94. The molecule has 1 aliphatic rings. The van der Waals surface area contributed by atoms with Gasteiger partial charge in [-0.3, -0.25) is 5.84 Å². The van der Waals surface area contributed by atoms with Crippen LogP contribution in [-0.4, -0.2) is 27.7 Å². The first-order valence-electron chi connectivity index (χ1n) is 6.19. The maximum Gasteiger partial charge on any atom is 0.243 e. The van der Waals surface area contributed by atoms with Crippen LogP contribution in [0, 0.1) is 0 Å². The Morgan fingerprint density at radius 2 is 2.05 bits per heavy atom. The lowest BCUT2D eigenvalue weighted by atomic mass is 10.2. The average Bonchev–Trinajstić information content (AvgIpc) is 2.85. The molecule has 0 heterocycles. The number of nitrogens with two attached hydrogens (primary N) is 1. The van der Waals surface area contributed by atoms with Crippen LogP contribution >= 0.6 is 0 Å². The Hall–Kier alpha value is -1.15. The van der Waals surface area contributed by atoms with E-state index >= 15 is 0 Å². The molecular formula is C12H19N3O3S. The second-order valence-corrected chi connectivity index (χ2v) is 6.26. The summed E-state index contributed by atoms with van der Waals surface area (Å²) in [4.78, 5) is 0.152. The minimum Gasteiger partial charge on any atom is -0.380 e. The summed E-state index contributed by atoms with van der Waals surface area (Å²) in [5.41, 5.74) is 2.78. The zero-order valence-electron chi connectivity index (χ0n) is 10.8. The van der Waals surface area contributed by atoms with E-state index in [9.17, 15) is 8.42 Å². The maximum atomic E-state index is 12.4. The molecule has 1 aromatic carbocycles. The summed E-state index contributed by atoms with van der Waals surface area (Å²) in [6.07, 6.45) is 2.56. The molecule has 2 unspecified atom stereocenters. The second-order valence-electron chi connectivity index (χ2n) is 4.57. The summed E-state index contributed by atoms with van der Waals surface area (Å²) in [5.74, 6) is 5.34. The van der Waals surface area contributed by atoms with Crippen LogP contribution in [0.5, 0.6) is 0 Å². The van der Waals surface area contributed by atoms with Crippen molar-refractivity contribution in [2.45, 2.75) is 36.3 Å². The van der Waals surface area contributed by atoms with Crippen LogP contribution in [0.25, 0.3) is 0 Å². The molecule has 2 atom stereocenters. The number of hydrogen-bond acceptors (Lipinski definition) is 5. The topological polar surface area (TPSA) is 93.4 Å². The number of sulfonamides is 1. The highest BCUT2D eigenvalue weighted by Crippen LogP contribution is 2.25. The number of hydrazine groups is 1. The molecule has 0 aliphatic heterocycles. The fraction of sp³-hybridized carbons (Fsp3) is 0.500. The third-order valence-electron chi connectivity index (χ3n) is 3.39. The number of ether oxygens (including phenoxy) is 1. The molecule has 0 bridgehead atoms. The first kappa shape index (κ1) is 14.3. The van der Waals surface area contributed by atoms with Gasteiger partial charge in [0.05, 0.1) is 11.8 Å². The Balaban J connectivity index is 2.23. The predicted octanol–water partition coefficient (Wildman–Crippen LogP) is 0.818. The van der Waals surface area contributed by atoms with Crippen molar-refractivity contribution in [1.82, 2.24) is 4.72 Å². The minimum absolute atomic E-state index is 0.0622. The van der Waals surface area contributed by atoms with Gasteiger partial charge < -0.3 is 10.2 Å². The van der Waals surface area contributed by atoms with Crippen molar-refractivity contribution in [3.63, 3.8) is 0 Å². The molecular weight excluding hydrogens is 266 g/mol. The molecule has 0 saturated heterocycles. The molecule has 0 radical (unpaired) electrons. The smallest absolute Gasteiger partial charge is 0.243 e. The Morgan fingerprint density at radius 1 is 1.32 bits per heavy atom. The molecule has 4 N–H and O–H groups in total. The van der Waals surface area contributed by atoms with Gasteiger partial charge in [0.2, 0.25) is 10.0 Å². The van der Waals surface area contributed by atoms with Gasteiger partial charge in [0, 0.05) is 13.2 Å². The van der Waals surface area contributed by atoms with Crippen molar-refractivity contribution < 1.29 is 13.2 Å². The number of benzene rings is 1. The summed E-state index contributed by atoms with van der Waals surface area (Å²) in [5, 5.41) is 0. The zero-order chi connectivity index (χ0) is 13.9. The highest BCUT2D eigenvalue weighted by atomic mass is 32.2. The molecule has 106 valence electrons. The van der Waals surface area contributed by atoms with Crippen molar-refractivity contribution in [3.8, 4) is 0 Å². The average molecular weight is 285 g/mol. The lowest BCUT2D eigenvalue weighted by molar-refractivity contribution is 0.0916. The Kier molecular flexibility index (Phi) is 4.41. The first-order valence-corrected chi connectivity index (χ1v) is 7.67. The van der Waals surface area contributed by atoms with E-state index in [1.54, 1.807) is 25.3 Å². The first-order chi connectivity index (χ1) is 9.08. The van der Waals surface area contributed by atoms with Crippen molar-refractivity contribution in [2.75, 3.05) is 12.5 Å². The van der Waals surface area contributed by atoms with E-state index in [4.69, 9.17) is 10.6 Å². The Labute approximate surface area is 113 Å². The number of nitrogens with one attached hydrogen (secondary N) is 2. The van der Waals surface area contributed by atoms with Crippen molar-refractivity contribution in [3.05, 3.63) is 24.3 Å². The predicted molar refractivity (Wildman–Crippen MR) is 73.0 cm³/mol. The monoisotopic (exact) mass is 285 g/mol. The SMILES string of the molecule is COC1CCCC1NS(=O)(=O)c1ccccc1NN. The maximum absolute atomic E-state index is 12.4. The van der Waals surface area contributed by atoms with E-state index in [0.29, 0.717) is 5.69 Å². The minimum atomic E-state index is -3.60. The molecule has 1 fully saturated rings. The van der Waals surface area contributed by atoms with Crippen LogP contribution in [0.4, 0.5) is 5.69 Å². The number of anilines is 1. The highest BCUT2D eigenvalue weighted by molar-refractivity contribution is 7.89. The van der Waals surface area contributed by atoms with E-state index in [-0.39, 0.29) is 17.0 Å². The molecule has 19 heavy (non-hydrogen) atoms. The van der Waals surface area contributed by atoms with Crippen LogP contribution in [0.3, 0.4) is 0 Å². The van der Waals surface area contributed by atoms with Gasteiger partial charge in [0.25, 0.3) is 0 Å². The number of nitrogen functional groups attached to an aromatic ring is 1. The summed E-state index contributed by atoms with van der Waals surface area (Å²) in [7, 11) is -2.00. The van der Waals surface area contributed by atoms with E-state index in [1.165, 1.54) is 6.07 Å². The van der Waals surface area contributed by atoms with Gasteiger partial charge in [-0.25, -0.2) is 13.1 Å². The van der Waals surface area contributed by atoms with Crippen LogP contribution in [-0.2, 0) is 14.8 Å². The molecule has 0 amide bonds. The van der Waals surface area contributed by atoms with Gasteiger partial charge in [-0.2, -0.15) is 0 Å². The van der Waals surface area contributed by atoms with E-state index in [0.717, 1.165) is 19.3 Å². The second kappa shape index (κ2) is 5.87. The lowest BCUT2D eigenvalue weighted by Gasteiger charge is -2.20. The zero-order valence-corrected chi connectivity index (χ0v) is 11.6. The van der Waals surface area contributed by atoms with Gasteiger partial charge in [0.15, 0.2) is 0 Å². The van der Waals surface area contributed by atoms with Gasteiger partial charge in [-0.05, 0) is 31.4 Å². The van der Waals surface area contributed by atoms with E-state index in [2.05, 4.69) is 10.1 Å². The molecule has 7 heteroatoms. The van der Waals surface area contributed by atoms with Gasteiger partial charge in [-0.1, -0.05) is 12.1 Å². The van der Waals surface area contributed by atoms with Crippen molar-refractivity contribution >= 4 is 15.7 Å². The molecule has 1 aromatic rings. The fourth-order valence-corrected chi connectivity index (χ4v) is 3.90. The summed E-state index contributed by atoms with van der Waals surface area (Å²) < 4.78 is 32.7. The molecule has 0 aromatic heterocycles. The number of hydrogen-bond donors (Lipinski definition) is 3. The molecule has 1 aliphatic carbocycles. The van der Waals surface area contributed by atoms with Crippen LogP contribution in [0.2, 0.25) is 0 Å². The van der Waals surface area contributed by atoms with Gasteiger partial charge >= 0.3 is 0 Å². The fourth-order valence-electron chi connectivity index (χ4n) is 2.43. The molecule has 6 nitrogen and oxygen atoms in total. The number of methoxy groups -OCH3 is 1. The normalized spacial score (nSPS) is 23.5. The highest BCUT2D eigenvalue weighted by Gasteiger charge is 2.31. The largest absolute Gasteiger partial charge is 0.380 e. The number of rotatable bonds is 5. The van der Waals surface area contributed by atoms with Gasteiger partial charge in [0.1, 0.15) is 4.90 Å². The third kappa shape index (κ3) is 3.06. The van der Waals surface area contributed by atoms with Crippen LogP contribution < -0.4 is 16.0 Å². The van der Waals surface area contributed by atoms with E-state index < -0.39 is 10.0 Å². The molecule has 0 spiro atoms. The van der Waals surface area contributed by atoms with Crippen molar-refractivity contribution in [1.29, 1.82) is 0 Å². The van der Waals surface area contributed by atoms with Crippen LogP contribution in [0.15, 0.2) is 29.2 Å². The summed E-state index contributed by atoms with van der Waals surface area (Å²) in [6, 6.07) is 6.35. The van der Waals surface area contributed by atoms with Gasteiger partial charge in [-0.15, -0.1) is 0 Å². The quantitative estimate of drug-likeness (QED) is 0.550. The summed E-state index contributed by atoms with van der Waals surface area (Å²) in [6.45, 7) is 0. The number of para-hydroxylation sites is 1. The van der Waals surface area contributed by atoms with Crippen LogP contribution in [0.1, 0.15) is 19.3 Å². The van der Waals surface area contributed by atoms with E-state index in [1.807, 2.05) is 0 Å². The lowest BCUT2D eigenvalue weighted by Crippen LogP contribution is -2.40. The van der Waals surface area contributed by atoms with Crippen molar-refractivity contribution in [2.24, 2.45) is 5.84 Å². The Bertz CT molecular complexity index is 533. The summed E-state index contributed by atoms with van der Waals surface area (Å²) >= 11 is 0. The molecule has 2 rings (SSSR count). The standard InChI is InChI=1S/C12H19N3O3S/c1-18-11-7-4-6-9(11)15-19(16,17)12-8-3-2-5-10(12)14-13/h2-3,5,8-9,11,14-15H,4,6-7,13H2,1H3.